The molecular weight excluding hydrogens is 513 g/mol. The van der Waals surface area contributed by atoms with E-state index in [-0.39, 0.29) is 29.9 Å². The first-order valence-corrected chi connectivity index (χ1v) is 10.3. The topological polar surface area (TPSA) is 91.5 Å². The Morgan fingerprint density at radius 1 is 1.17 bits per heavy atom. The number of nitrogens with one attached hydrogen (secondary N) is 3. The van der Waals surface area contributed by atoms with Crippen LogP contribution in [0.5, 0.6) is 0 Å². The van der Waals surface area contributed by atoms with Crippen LogP contribution in [0.2, 0.25) is 0 Å². The van der Waals surface area contributed by atoms with Gasteiger partial charge < -0.3 is 20.4 Å². The highest BCUT2D eigenvalue weighted by Crippen LogP contribution is 2.08. The average molecular weight is 539 g/mol. The van der Waals surface area contributed by atoms with Gasteiger partial charge in [-0.1, -0.05) is 12.1 Å². The monoisotopic (exact) mass is 539 g/mol. The number of rotatable bonds is 8. The molecule has 2 heterocycles. The van der Waals surface area contributed by atoms with E-state index in [4.69, 9.17) is 4.42 Å². The third kappa shape index (κ3) is 7.45. The van der Waals surface area contributed by atoms with E-state index in [0.29, 0.717) is 24.6 Å². The first-order valence-electron chi connectivity index (χ1n) is 9.39. The van der Waals surface area contributed by atoms with Crippen molar-refractivity contribution < 1.29 is 9.21 Å². The fourth-order valence-corrected chi connectivity index (χ4v) is 3.39. The predicted molar refractivity (Wildman–Crippen MR) is 130 cm³/mol. The normalized spacial score (nSPS) is 10.9. The number of aliphatic imine (C=N–C) groups is 1. The smallest absolute Gasteiger partial charge is 0.251 e. The number of halogens is 1. The fraction of sp³-hybridized carbons (Fsp3) is 0.286. The molecule has 0 fully saturated rings. The summed E-state index contributed by atoms with van der Waals surface area (Å²) in [5.41, 5.74) is 2.69. The average Bonchev–Trinajstić information content (AvgIpc) is 3.40. The first-order chi connectivity index (χ1) is 14.1. The largest absolute Gasteiger partial charge is 0.467 e. The molecule has 0 unspecified atom stereocenters. The number of carbonyl (C=O) groups is 1. The Kier molecular flexibility index (Phi) is 9.81. The summed E-state index contributed by atoms with van der Waals surface area (Å²) < 4.78 is 5.23. The number of guanidine groups is 1. The Balaban J connectivity index is 0.00000320. The molecule has 3 rings (SSSR count). The van der Waals surface area contributed by atoms with E-state index in [0.717, 1.165) is 35.0 Å². The lowest BCUT2D eigenvalue weighted by molar-refractivity contribution is 0.0948. The number of furan rings is 1. The summed E-state index contributed by atoms with van der Waals surface area (Å²) in [5, 5.41) is 12.6. The van der Waals surface area contributed by atoms with Crippen molar-refractivity contribution >= 4 is 47.2 Å². The number of hydrogen-bond donors (Lipinski definition) is 3. The van der Waals surface area contributed by atoms with Crippen LogP contribution in [-0.2, 0) is 19.5 Å². The van der Waals surface area contributed by atoms with Gasteiger partial charge in [0, 0.05) is 37.5 Å². The van der Waals surface area contributed by atoms with Crippen LogP contribution in [0.4, 0.5) is 0 Å². The lowest BCUT2D eigenvalue weighted by Gasteiger charge is -2.12. The van der Waals surface area contributed by atoms with Gasteiger partial charge in [0.15, 0.2) is 5.96 Å². The summed E-state index contributed by atoms with van der Waals surface area (Å²) in [6.07, 6.45) is 2.43. The quantitative estimate of drug-likeness (QED) is 0.232. The van der Waals surface area contributed by atoms with Crippen molar-refractivity contribution in [3.63, 3.8) is 0 Å². The second-order valence-corrected chi connectivity index (χ2v) is 7.49. The summed E-state index contributed by atoms with van der Waals surface area (Å²) in [6, 6.07) is 11.1. The van der Waals surface area contributed by atoms with Crippen molar-refractivity contribution in [1.82, 2.24) is 20.9 Å². The molecule has 0 aliphatic carbocycles. The lowest BCUT2D eigenvalue weighted by atomic mass is 10.1. The van der Waals surface area contributed by atoms with Gasteiger partial charge >= 0.3 is 0 Å². The number of thiazole rings is 1. The van der Waals surface area contributed by atoms with E-state index in [1.54, 1.807) is 36.8 Å². The Hall–Kier alpha value is -2.40. The second kappa shape index (κ2) is 12.3. The maximum absolute atomic E-state index is 12.3. The third-order valence-corrected chi connectivity index (χ3v) is 5.04. The third-order valence-electron chi connectivity index (χ3n) is 4.22. The number of nitrogens with zero attached hydrogens (tertiary/aromatic N) is 2. The molecule has 0 bridgehead atoms. The van der Waals surface area contributed by atoms with Gasteiger partial charge in [0.05, 0.1) is 23.5 Å². The number of hydrogen-bond acceptors (Lipinski definition) is 5. The van der Waals surface area contributed by atoms with Crippen molar-refractivity contribution in [2.24, 2.45) is 4.99 Å². The molecule has 3 N–H and O–H groups in total. The van der Waals surface area contributed by atoms with Gasteiger partial charge in [0.25, 0.3) is 5.91 Å². The molecule has 9 heteroatoms. The van der Waals surface area contributed by atoms with Crippen molar-refractivity contribution in [3.8, 4) is 0 Å². The summed E-state index contributed by atoms with van der Waals surface area (Å²) in [4.78, 5) is 21.1. The van der Waals surface area contributed by atoms with E-state index in [1.165, 1.54) is 0 Å². The summed E-state index contributed by atoms with van der Waals surface area (Å²) >= 11 is 1.66. The van der Waals surface area contributed by atoms with Gasteiger partial charge in [-0.15, -0.1) is 35.3 Å². The van der Waals surface area contributed by atoms with Crippen molar-refractivity contribution in [3.05, 3.63) is 75.6 Å². The highest BCUT2D eigenvalue weighted by Gasteiger charge is 2.07. The number of carbonyl (C=O) groups excluding carboxylic acids is 1. The minimum Gasteiger partial charge on any atom is -0.467 e. The SMILES string of the molecule is CN=C(NCCc1csc(C)n1)NCc1cccc(C(=O)NCc2ccco2)c1.I. The summed E-state index contributed by atoms with van der Waals surface area (Å²) in [7, 11) is 1.74. The lowest BCUT2D eigenvalue weighted by Crippen LogP contribution is -2.37. The number of benzene rings is 1. The van der Waals surface area contributed by atoms with E-state index in [2.05, 4.69) is 31.3 Å². The molecule has 1 amide bonds. The zero-order chi connectivity index (χ0) is 20.5. The minimum absolute atomic E-state index is 0. The zero-order valence-electron chi connectivity index (χ0n) is 17.0. The van der Waals surface area contributed by atoms with Crippen molar-refractivity contribution in [2.75, 3.05) is 13.6 Å². The second-order valence-electron chi connectivity index (χ2n) is 6.42. The van der Waals surface area contributed by atoms with Gasteiger partial charge in [0.1, 0.15) is 5.76 Å². The van der Waals surface area contributed by atoms with Gasteiger partial charge in [-0.2, -0.15) is 0 Å². The van der Waals surface area contributed by atoms with Gasteiger partial charge in [-0.25, -0.2) is 4.98 Å². The van der Waals surface area contributed by atoms with Gasteiger partial charge in [0.2, 0.25) is 0 Å². The van der Waals surface area contributed by atoms with E-state index >= 15 is 0 Å². The number of aryl methyl sites for hydroxylation is 1. The Morgan fingerprint density at radius 2 is 2.03 bits per heavy atom. The van der Waals surface area contributed by atoms with E-state index in [1.807, 2.05) is 31.2 Å². The van der Waals surface area contributed by atoms with E-state index in [9.17, 15) is 4.79 Å². The number of amides is 1. The first kappa shape index (κ1) is 23.9. The summed E-state index contributed by atoms with van der Waals surface area (Å²) in [5.74, 6) is 1.30. The van der Waals surface area contributed by atoms with Crippen LogP contribution in [0.3, 0.4) is 0 Å². The standard InChI is InChI=1S/C21H25N5O2S.HI/c1-15-26-18(14-29-15)8-9-23-21(22-2)25-12-16-5-3-6-17(11-16)20(27)24-13-19-7-4-10-28-19;/h3-7,10-11,14H,8-9,12-13H2,1-2H3,(H,24,27)(H2,22,23,25);1H. The highest BCUT2D eigenvalue weighted by molar-refractivity contribution is 14.0. The molecular formula is C21H26IN5O2S. The molecule has 0 aliphatic rings. The molecule has 0 saturated heterocycles. The number of aromatic nitrogens is 1. The maximum atomic E-state index is 12.3. The Morgan fingerprint density at radius 3 is 2.73 bits per heavy atom. The van der Waals surface area contributed by atoms with Crippen molar-refractivity contribution in [1.29, 1.82) is 0 Å². The predicted octanol–water partition coefficient (Wildman–Crippen LogP) is 3.50. The van der Waals surface area contributed by atoms with Gasteiger partial charge in [-0.05, 0) is 36.8 Å². The van der Waals surface area contributed by atoms with Crippen molar-refractivity contribution in [2.45, 2.75) is 26.4 Å². The minimum atomic E-state index is -0.135. The van der Waals surface area contributed by atoms with Crippen LogP contribution in [0, 0.1) is 6.92 Å². The molecule has 0 saturated carbocycles. The molecule has 160 valence electrons. The van der Waals surface area contributed by atoms with Crippen LogP contribution in [0.15, 0.2) is 57.5 Å². The van der Waals surface area contributed by atoms with Crippen LogP contribution in [-0.4, -0.2) is 30.4 Å². The van der Waals surface area contributed by atoms with Crippen LogP contribution in [0.1, 0.15) is 32.4 Å². The van der Waals surface area contributed by atoms with Crippen LogP contribution < -0.4 is 16.0 Å². The Labute approximate surface area is 197 Å². The summed E-state index contributed by atoms with van der Waals surface area (Å²) in [6.45, 7) is 3.68. The molecule has 0 radical (unpaired) electrons. The zero-order valence-corrected chi connectivity index (χ0v) is 20.1. The molecule has 3 aromatic rings. The molecule has 0 atom stereocenters. The molecule has 30 heavy (non-hydrogen) atoms. The Bertz CT molecular complexity index is 956. The molecule has 7 nitrogen and oxygen atoms in total. The molecule has 0 aliphatic heterocycles. The van der Waals surface area contributed by atoms with E-state index < -0.39 is 0 Å². The van der Waals surface area contributed by atoms with Gasteiger partial charge in [-0.3, -0.25) is 9.79 Å². The highest BCUT2D eigenvalue weighted by atomic mass is 127. The molecule has 2 aromatic heterocycles. The molecule has 0 spiro atoms. The van der Waals surface area contributed by atoms with Crippen LogP contribution >= 0.6 is 35.3 Å². The molecule has 1 aromatic carbocycles. The maximum Gasteiger partial charge on any atom is 0.251 e. The fourth-order valence-electron chi connectivity index (χ4n) is 2.74. The van der Waals surface area contributed by atoms with Crippen LogP contribution in [0.25, 0.3) is 0 Å².